The van der Waals surface area contributed by atoms with Crippen molar-refractivity contribution in [1.82, 2.24) is 20.0 Å². The van der Waals surface area contributed by atoms with Crippen molar-refractivity contribution < 1.29 is 14.4 Å². The molecule has 1 aliphatic heterocycles. The summed E-state index contributed by atoms with van der Waals surface area (Å²) in [5.74, 6) is -0.120. The Morgan fingerprint density at radius 3 is 2.32 bits per heavy atom. The fraction of sp³-hybridized carbons (Fsp3) is 0.571. The van der Waals surface area contributed by atoms with Crippen LogP contribution in [0.1, 0.15) is 42.6 Å². The maximum atomic E-state index is 12.5. The summed E-state index contributed by atoms with van der Waals surface area (Å²) in [7, 11) is 3.43. The van der Waals surface area contributed by atoms with E-state index in [1.165, 1.54) is 4.90 Å². The van der Waals surface area contributed by atoms with E-state index in [1.54, 1.807) is 20.2 Å². The quantitative estimate of drug-likeness (QED) is 0.812. The molecule has 1 aromatic rings. The smallest absolute Gasteiger partial charge is 0.319 e. The molecule has 0 radical (unpaired) electrons. The number of piperidine rings is 1. The van der Waals surface area contributed by atoms with Crippen molar-refractivity contribution in [3.63, 3.8) is 0 Å². The predicted molar refractivity (Wildman–Crippen MR) is 109 cm³/mol. The third-order valence-electron chi connectivity index (χ3n) is 5.22. The molecule has 0 spiro atoms. The van der Waals surface area contributed by atoms with Gasteiger partial charge in [0.25, 0.3) is 5.91 Å². The molecule has 0 atom stereocenters. The van der Waals surface area contributed by atoms with Crippen molar-refractivity contribution in [2.45, 2.75) is 33.2 Å². The van der Waals surface area contributed by atoms with Crippen molar-refractivity contribution >= 4 is 17.8 Å². The minimum absolute atomic E-state index is 0.0132. The molecule has 1 saturated heterocycles. The first-order chi connectivity index (χ1) is 13.4. The topological polar surface area (TPSA) is 73.0 Å². The highest BCUT2D eigenvalue weighted by molar-refractivity contribution is 5.94. The van der Waals surface area contributed by atoms with Gasteiger partial charge in [0, 0.05) is 58.3 Å². The van der Waals surface area contributed by atoms with Gasteiger partial charge in [0.15, 0.2) is 0 Å². The van der Waals surface area contributed by atoms with Gasteiger partial charge < -0.3 is 20.0 Å². The van der Waals surface area contributed by atoms with Gasteiger partial charge in [0.2, 0.25) is 5.91 Å². The van der Waals surface area contributed by atoms with E-state index < -0.39 is 0 Å². The van der Waals surface area contributed by atoms with E-state index in [0.29, 0.717) is 51.1 Å². The fourth-order valence-corrected chi connectivity index (χ4v) is 3.43. The predicted octanol–water partition coefficient (Wildman–Crippen LogP) is 2.18. The minimum Gasteiger partial charge on any atom is -0.352 e. The highest BCUT2D eigenvalue weighted by Crippen LogP contribution is 2.19. The van der Waals surface area contributed by atoms with Crippen molar-refractivity contribution in [2.75, 3.05) is 40.3 Å². The first-order valence-corrected chi connectivity index (χ1v) is 9.99. The second-order valence-corrected chi connectivity index (χ2v) is 7.33. The fourth-order valence-electron chi connectivity index (χ4n) is 3.43. The molecule has 7 nitrogen and oxygen atoms in total. The second kappa shape index (κ2) is 10.1. The van der Waals surface area contributed by atoms with E-state index >= 15 is 0 Å². The molecule has 0 unspecified atom stereocenters. The molecule has 7 heteroatoms. The SMILES string of the molecule is CCN(CC)C(=O)N1CCC(C(=O)NCc2cccc(C(=O)N(C)C)c2)CC1. The lowest BCUT2D eigenvalue weighted by atomic mass is 9.96. The zero-order valence-corrected chi connectivity index (χ0v) is 17.4. The van der Waals surface area contributed by atoms with Crippen LogP contribution in [0.25, 0.3) is 0 Å². The minimum atomic E-state index is -0.0765. The molecule has 0 aliphatic carbocycles. The maximum absolute atomic E-state index is 12.5. The molecule has 154 valence electrons. The molecule has 1 aromatic carbocycles. The summed E-state index contributed by atoms with van der Waals surface area (Å²) in [6, 6.07) is 7.38. The summed E-state index contributed by atoms with van der Waals surface area (Å²) in [4.78, 5) is 42.2. The van der Waals surface area contributed by atoms with Crippen molar-refractivity contribution in [3.8, 4) is 0 Å². The maximum Gasteiger partial charge on any atom is 0.319 e. The average Bonchev–Trinajstić information content (AvgIpc) is 2.72. The number of hydrogen-bond acceptors (Lipinski definition) is 3. The third-order valence-corrected chi connectivity index (χ3v) is 5.22. The Kier molecular flexibility index (Phi) is 7.84. The zero-order chi connectivity index (χ0) is 20.7. The molecule has 1 fully saturated rings. The summed E-state index contributed by atoms with van der Waals surface area (Å²) < 4.78 is 0. The number of benzene rings is 1. The van der Waals surface area contributed by atoms with Crippen LogP contribution in [0.4, 0.5) is 4.79 Å². The van der Waals surface area contributed by atoms with Crippen molar-refractivity contribution in [1.29, 1.82) is 0 Å². The molecule has 4 amide bonds. The molecular weight excluding hydrogens is 356 g/mol. The highest BCUT2D eigenvalue weighted by atomic mass is 16.2. The van der Waals surface area contributed by atoms with E-state index in [2.05, 4.69) is 5.32 Å². The molecular formula is C21H32N4O3. The van der Waals surface area contributed by atoms with Crippen LogP contribution in [0.2, 0.25) is 0 Å². The van der Waals surface area contributed by atoms with E-state index in [4.69, 9.17) is 0 Å². The highest BCUT2D eigenvalue weighted by Gasteiger charge is 2.28. The molecule has 2 rings (SSSR count). The summed E-state index contributed by atoms with van der Waals surface area (Å²) >= 11 is 0. The first-order valence-electron chi connectivity index (χ1n) is 9.99. The lowest BCUT2D eigenvalue weighted by Gasteiger charge is -2.34. The van der Waals surface area contributed by atoms with Crippen LogP contribution in [0.5, 0.6) is 0 Å². The van der Waals surface area contributed by atoms with Gasteiger partial charge in [-0.3, -0.25) is 9.59 Å². The van der Waals surface area contributed by atoms with Crippen LogP contribution < -0.4 is 5.32 Å². The Labute approximate surface area is 167 Å². The van der Waals surface area contributed by atoms with Gasteiger partial charge in [-0.25, -0.2) is 4.79 Å². The van der Waals surface area contributed by atoms with Crippen LogP contribution in [-0.2, 0) is 11.3 Å². The lowest BCUT2D eigenvalue weighted by Crippen LogP contribution is -2.48. The average molecular weight is 389 g/mol. The number of nitrogens with zero attached hydrogens (tertiary/aromatic N) is 3. The molecule has 0 bridgehead atoms. The number of hydrogen-bond donors (Lipinski definition) is 1. The van der Waals surface area contributed by atoms with Crippen molar-refractivity contribution in [2.24, 2.45) is 5.92 Å². The summed E-state index contributed by atoms with van der Waals surface area (Å²) in [6.45, 7) is 6.97. The molecule has 1 N–H and O–H groups in total. The molecule has 1 aliphatic rings. The molecule has 0 saturated carbocycles. The molecule has 28 heavy (non-hydrogen) atoms. The number of nitrogens with one attached hydrogen (secondary N) is 1. The summed E-state index contributed by atoms with van der Waals surface area (Å²) in [6.07, 6.45) is 1.36. The number of carbonyl (C=O) groups is 3. The molecule has 0 aromatic heterocycles. The summed E-state index contributed by atoms with van der Waals surface area (Å²) in [5.41, 5.74) is 1.51. The Hall–Kier alpha value is -2.57. The van der Waals surface area contributed by atoms with E-state index in [9.17, 15) is 14.4 Å². The van der Waals surface area contributed by atoms with Crippen LogP contribution in [0.3, 0.4) is 0 Å². The Morgan fingerprint density at radius 2 is 1.75 bits per heavy atom. The first kappa shape index (κ1) is 21.7. The van der Waals surface area contributed by atoms with E-state index in [1.807, 2.05) is 41.8 Å². The van der Waals surface area contributed by atoms with Gasteiger partial charge >= 0.3 is 6.03 Å². The van der Waals surface area contributed by atoms with Gasteiger partial charge in [-0.2, -0.15) is 0 Å². The number of carbonyl (C=O) groups excluding carboxylic acids is 3. The van der Waals surface area contributed by atoms with Crippen LogP contribution >= 0.6 is 0 Å². The van der Waals surface area contributed by atoms with Gasteiger partial charge in [-0.05, 0) is 44.4 Å². The number of rotatable bonds is 6. The number of amides is 4. The van der Waals surface area contributed by atoms with Gasteiger partial charge in [0.05, 0.1) is 0 Å². The lowest BCUT2D eigenvalue weighted by molar-refractivity contribution is -0.126. The number of urea groups is 1. The monoisotopic (exact) mass is 388 g/mol. The number of likely N-dealkylation sites (tertiary alicyclic amines) is 1. The van der Waals surface area contributed by atoms with E-state index in [0.717, 1.165) is 5.56 Å². The normalized spacial score (nSPS) is 14.5. The van der Waals surface area contributed by atoms with Crippen LogP contribution in [0.15, 0.2) is 24.3 Å². The largest absolute Gasteiger partial charge is 0.352 e. The van der Waals surface area contributed by atoms with Gasteiger partial charge in [-0.15, -0.1) is 0 Å². The van der Waals surface area contributed by atoms with Gasteiger partial charge in [-0.1, -0.05) is 12.1 Å². The molecule has 1 heterocycles. The zero-order valence-electron chi connectivity index (χ0n) is 17.4. The Morgan fingerprint density at radius 1 is 1.11 bits per heavy atom. The Balaban J connectivity index is 1.84. The summed E-state index contributed by atoms with van der Waals surface area (Å²) in [5, 5.41) is 2.98. The van der Waals surface area contributed by atoms with Crippen molar-refractivity contribution in [3.05, 3.63) is 35.4 Å². The van der Waals surface area contributed by atoms with Gasteiger partial charge in [0.1, 0.15) is 0 Å². The van der Waals surface area contributed by atoms with E-state index in [-0.39, 0.29) is 23.8 Å². The van der Waals surface area contributed by atoms with Crippen LogP contribution in [0, 0.1) is 5.92 Å². The second-order valence-electron chi connectivity index (χ2n) is 7.33. The third kappa shape index (κ3) is 5.47. The Bertz CT molecular complexity index is 693. The standard InChI is InChI=1S/C21H32N4O3/c1-5-24(6-2)21(28)25-12-10-17(11-13-25)19(26)22-15-16-8-7-9-18(14-16)20(27)23(3)4/h7-9,14,17H,5-6,10-13,15H2,1-4H3,(H,22,26). The van der Waals surface area contributed by atoms with Crippen LogP contribution in [-0.4, -0.2) is 72.8 Å².